The number of hydrogen-bond donors (Lipinski definition) is 4. The van der Waals surface area contributed by atoms with E-state index in [4.69, 9.17) is 28.9 Å². The average Bonchev–Trinajstić information content (AvgIpc) is 3.06. The zero-order chi connectivity index (χ0) is 24.6. The molecule has 0 amide bonds. The van der Waals surface area contributed by atoms with Crippen molar-refractivity contribution < 1.29 is 23.8 Å². The number of aliphatic hydroxyl groups is 1. The third-order valence-electron chi connectivity index (χ3n) is 7.26. The first-order valence-corrected chi connectivity index (χ1v) is 11.6. The number of nitrogens with one attached hydrogen (secondary N) is 1. The summed E-state index contributed by atoms with van der Waals surface area (Å²) in [6.07, 6.45) is 1.42. The minimum absolute atomic E-state index is 0.0107. The van der Waals surface area contributed by atoms with Gasteiger partial charge in [-0.15, -0.1) is 0 Å². The van der Waals surface area contributed by atoms with Crippen molar-refractivity contribution in [2.75, 3.05) is 6.61 Å². The van der Waals surface area contributed by atoms with Crippen molar-refractivity contribution in [1.29, 1.82) is 0 Å². The Hall–Kier alpha value is -1.77. The van der Waals surface area contributed by atoms with Gasteiger partial charge in [0.15, 0.2) is 0 Å². The zero-order valence-electron chi connectivity index (χ0n) is 18.4. The summed E-state index contributed by atoms with van der Waals surface area (Å²) in [6.45, 7) is 3.67. The van der Waals surface area contributed by atoms with E-state index >= 15 is 8.78 Å². The van der Waals surface area contributed by atoms with Crippen molar-refractivity contribution >= 4 is 29.2 Å². The van der Waals surface area contributed by atoms with Crippen LogP contribution in [0, 0.1) is 17.0 Å². The van der Waals surface area contributed by atoms with Crippen LogP contribution in [0.25, 0.3) is 0 Å². The van der Waals surface area contributed by atoms with E-state index in [1.54, 1.807) is 0 Å². The van der Waals surface area contributed by atoms with Gasteiger partial charge in [-0.3, -0.25) is 10.1 Å². The average molecular weight is 501 g/mol. The predicted octanol–water partition coefficient (Wildman–Crippen LogP) is 4.82. The fourth-order valence-electron chi connectivity index (χ4n) is 5.04. The molecule has 0 aromatic heterocycles. The van der Waals surface area contributed by atoms with E-state index in [2.05, 4.69) is 5.32 Å². The molecule has 5 nitrogen and oxygen atoms in total. The minimum atomic E-state index is -1.69. The molecule has 9 heteroatoms. The largest absolute Gasteiger partial charge is 0.480 e. The highest BCUT2D eigenvalue weighted by atomic mass is 35.5. The molecule has 0 saturated carbocycles. The van der Waals surface area contributed by atoms with Crippen molar-refractivity contribution in [3.8, 4) is 0 Å². The molecule has 2 aromatic carbocycles. The maximum Gasteiger partial charge on any atom is 0.321 e. The van der Waals surface area contributed by atoms with E-state index in [1.807, 2.05) is 13.8 Å². The van der Waals surface area contributed by atoms with Crippen LogP contribution in [0.4, 0.5) is 8.78 Å². The lowest BCUT2D eigenvalue weighted by atomic mass is 9.66. The number of aliphatic carboxylic acids is 1. The Morgan fingerprint density at radius 3 is 2.42 bits per heavy atom. The van der Waals surface area contributed by atoms with Crippen LogP contribution in [-0.2, 0) is 10.3 Å². The Morgan fingerprint density at radius 1 is 1.21 bits per heavy atom. The molecule has 5 N–H and O–H groups in total. The van der Waals surface area contributed by atoms with Gasteiger partial charge in [0.25, 0.3) is 0 Å². The van der Waals surface area contributed by atoms with Gasteiger partial charge in [-0.25, -0.2) is 8.78 Å². The Bertz CT molecular complexity index is 1030. The van der Waals surface area contributed by atoms with E-state index in [1.165, 1.54) is 30.3 Å². The van der Waals surface area contributed by atoms with Crippen LogP contribution in [0.5, 0.6) is 0 Å². The second kappa shape index (κ2) is 9.84. The maximum absolute atomic E-state index is 15.3. The molecule has 0 radical (unpaired) electrons. The first-order chi connectivity index (χ1) is 15.5. The molecular formula is C24H28Cl2F2N2O3. The quantitative estimate of drug-likeness (QED) is 0.416. The van der Waals surface area contributed by atoms with Crippen LogP contribution in [0.3, 0.4) is 0 Å². The van der Waals surface area contributed by atoms with Crippen LogP contribution in [0.2, 0.25) is 10.0 Å². The monoisotopic (exact) mass is 500 g/mol. The molecule has 4 atom stereocenters. The Labute approximate surface area is 201 Å². The summed E-state index contributed by atoms with van der Waals surface area (Å²) in [4.78, 5) is 12.3. The molecule has 33 heavy (non-hydrogen) atoms. The molecule has 1 aliphatic rings. The molecular weight excluding hydrogens is 473 g/mol. The standard InChI is InChI=1S/C24H28Cl2F2N2O3/c1-3-23(4-2,12-31)11-18-24(29,15-9-8-13(25)10-17(15)27)19(21(30-18)22(32)33)14-6-5-7-16(26)20(14)28/h5-10,18-19,21,30-31H,3-4,11-12,29H2,1-2H3,(H,32,33). The van der Waals surface area contributed by atoms with Gasteiger partial charge in [0.05, 0.1) is 10.6 Å². The van der Waals surface area contributed by atoms with Gasteiger partial charge in [-0.1, -0.05) is 55.2 Å². The van der Waals surface area contributed by atoms with Crippen LogP contribution >= 0.6 is 23.2 Å². The summed E-state index contributed by atoms with van der Waals surface area (Å²) in [5.74, 6) is -3.98. The van der Waals surface area contributed by atoms with Crippen LogP contribution in [0.1, 0.15) is 50.2 Å². The molecule has 0 spiro atoms. The fraction of sp³-hybridized carbons (Fsp3) is 0.458. The van der Waals surface area contributed by atoms with Gasteiger partial charge in [0, 0.05) is 29.2 Å². The van der Waals surface area contributed by atoms with Gasteiger partial charge in [-0.05, 0) is 48.4 Å². The number of carboxylic acid groups (broad SMARTS) is 1. The Kier molecular flexibility index (Phi) is 7.71. The lowest BCUT2D eigenvalue weighted by molar-refractivity contribution is -0.139. The number of halogens is 4. The smallest absolute Gasteiger partial charge is 0.321 e. The lowest BCUT2D eigenvalue weighted by Crippen LogP contribution is -2.53. The van der Waals surface area contributed by atoms with Crippen molar-refractivity contribution in [2.45, 2.75) is 56.7 Å². The van der Waals surface area contributed by atoms with Crippen LogP contribution < -0.4 is 11.1 Å². The molecule has 1 heterocycles. The van der Waals surface area contributed by atoms with Crippen molar-refractivity contribution in [1.82, 2.24) is 5.32 Å². The van der Waals surface area contributed by atoms with Gasteiger partial charge >= 0.3 is 5.97 Å². The third kappa shape index (κ3) is 4.49. The SMILES string of the molecule is CCC(CC)(CO)CC1NC(C(=O)O)C(c2cccc(Cl)c2F)C1(N)c1ccc(Cl)cc1F. The summed E-state index contributed by atoms with van der Waals surface area (Å²) in [5, 5.41) is 23.2. The zero-order valence-corrected chi connectivity index (χ0v) is 19.9. The highest BCUT2D eigenvalue weighted by molar-refractivity contribution is 6.31. The second-order valence-electron chi connectivity index (χ2n) is 8.78. The van der Waals surface area contributed by atoms with E-state index in [9.17, 15) is 15.0 Å². The summed E-state index contributed by atoms with van der Waals surface area (Å²) in [6, 6.07) is 6.11. The van der Waals surface area contributed by atoms with Crippen LogP contribution in [0.15, 0.2) is 36.4 Å². The van der Waals surface area contributed by atoms with E-state index in [-0.39, 0.29) is 34.2 Å². The van der Waals surface area contributed by atoms with Crippen molar-refractivity contribution in [3.63, 3.8) is 0 Å². The van der Waals surface area contributed by atoms with E-state index < -0.39 is 46.6 Å². The number of carboxylic acids is 1. The number of nitrogens with two attached hydrogens (primary N) is 1. The molecule has 1 aliphatic heterocycles. The second-order valence-corrected chi connectivity index (χ2v) is 9.63. The normalized spacial score (nSPS) is 25.4. The van der Waals surface area contributed by atoms with Crippen molar-refractivity contribution in [2.24, 2.45) is 11.1 Å². The first kappa shape index (κ1) is 25.8. The molecule has 1 saturated heterocycles. The molecule has 3 rings (SSSR count). The highest BCUT2D eigenvalue weighted by Gasteiger charge is 2.59. The summed E-state index contributed by atoms with van der Waals surface area (Å²) in [5.41, 5.74) is 4.68. The highest BCUT2D eigenvalue weighted by Crippen LogP contribution is 2.50. The number of hydrogen-bond acceptors (Lipinski definition) is 4. The molecule has 0 bridgehead atoms. The lowest BCUT2D eigenvalue weighted by Gasteiger charge is -2.41. The number of aliphatic hydroxyl groups excluding tert-OH is 1. The predicted molar refractivity (Wildman–Crippen MR) is 124 cm³/mol. The molecule has 1 fully saturated rings. The Balaban J connectivity index is 2.30. The number of benzene rings is 2. The van der Waals surface area contributed by atoms with Gasteiger partial charge in [0.2, 0.25) is 0 Å². The van der Waals surface area contributed by atoms with E-state index in [0.717, 1.165) is 6.07 Å². The molecule has 180 valence electrons. The van der Waals surface area contributed by atoms with E-state index in [0.29, 0.717) is 12.8 Å². The fourth-order valence-corrected chi connectivity index (χ4v) is 5.38. The minimum Gasteiger partial charge on any atom is -0.480 e. The molecule has 2 aromatic rings. The summed E-state index contributed by atoms with van der Waals surface area (Å²) >= 11 is 12.0. The summed E-state index contributed by atoms with van der Waals surface area (Å²) < 4.78 is 30.5. The molecule has 0 aliphatic carbocycles. The maximum atomic E-state index is 15.3. The summed E-state index contributed by atoms with van der Waals surface area (Å²) in [7, 11) is 0. The van der Waals surface area contributed by atoms with Gasteiger partial charge < -0.3 is 15.9 Å². The number of rotatable bonds is 8. The van der Waals surface area contributed by atoms with Crippen LogP contribution in [-0.4, -0.2) is 34.9 Å². The van der Waals surface area contributed by atoms with Gasteiger partial charge in [0.1, 0.15) is 17.7 Å². The third-order valence-corrected chi connectivity index (χ3v) is 7.79. The Morgan fingerprint density at radius 2 is 1.88 bits per heavy atom. The topological polar surface area (TPSA) is 95.6 Å². The van der Waals surface area contributed by atoms with Gasteiger partial charge in [-0.2, -0.15) is 0 Å². The first-order valence-electron chi connectivity index (χ1n) is 10.8. The van der Waals surface area contributed by atoms with Crippen molar-refractivity contribution in [3.05, 3.63) is 69.2 Å². The molecule has 4 unspecified atom stereocenters. The number of carbonyl (C=O) groups is 1.